The zero-order valence-electron chi connectivity index (χ0n) is 10.3. The topological polar surface area (TPSA) is 29.3 Å². The van der Waals surface area contributed by atoms with Crippen LogP contribution < -0.4 is 5.73 Å². The second kappa shape index (κ2) is 7.12. The van der Waals surface area contributed by atoms with Crippen molar-refractivity contribution in [1.29, 1.82) is 0 Å². The molecule has 1 unspecified atom stereocenters. The largest absolute Gasteiger partial charge is 0.401 e. The molecule has 0 saturated heterocycles. The number of hydrogen-bond acceptors (Lipinski definition) is 2. The summed E-state index contributed by atoms with van der Waals surface area (Å²) in [5.74, 6) is 0.258. The average molecular weight is 240 g/mol. The molecule has 0 fully saturated rings. The van der Waals surface area contributed by atoms with E-state index < -0.39 is 12.7 Å². The van der Waals surface area contributed by atoms with Crippen LogP contribution in [0.25, 0.3) is 0 Å². The van der Waals surface area contributed by atoms with Crippen LogP contribution in [0, 0.1) is 5.92 Å². The normalized spacial score (nSPS) is 14.8. The number of halogens is 3. The lowest BCUT2D eigenvalue weighted by Gasteiger charge is -2.30. The second-order valence-corrected chi connectivity index (χ2v) is 4.67. The molecule has 2 N–H and O–H groups in total. The first-order valence-corrected chi connectivity index (χ1v) is 5.77. The van der Waals surface area contributed by atoms with Gasteiger partial charge < -0.3 is 5.73 Å². The number of hydrogen-bond donors (Lipinski definition) is 1. The summed E-state index contributed by atoms with van der Waals surface area (Å²) >= 11 is 0. The van der Waals surface area contributed by atoms with E-state index in [2.05, 4.69) is 0 Å². The molecule has 0 aromatic carbocycles. The smallest absolute Gasteiger partial charge is 0.330 e. The highest BCUT2D eigenvalue weighted by atomic mass is 19.4. The van der Waals surface area contributed by atoms with Crippen LogP contribution in [0.15, 0.2) is 0 Å². The van der Waals surface area contributed by atoms with Crippen LogP contribution in [0.4, 0.5) is 13.2 Å². The molecule has 5 heteroatoms. The molecule has 0 amide bonds. The molecule has 0 bridgehead atoms. The predicted molar refractivity (Wildman–Crippen MR) is 60.2 cm³/mol. The number of nitrogens with zero attached hydrogens (tertiary/aromatic N) is 1. The van der Waals surface area contributed by atoms with E-state index >= 15 is 0 Å². The molecule has 2 nitrogen and oxygen atoms in total. The Hall–Kier alpha value is -0.290. The fraction of sp³-hybridized carbons (Fsp3) is 1.00. The minimum absolute atomic E-state index is 0.0815. The first-order valence-electron chi connectivity index (χ1n) is 5.77. The number of alkyl halides is 3. The van der Waals surface area contributed by atoms with Crippen LogP contribution in [0.1, 0.15) is 33.6 Å². The van der Waals surface area contributed by atoms with Crippen LogP contribution in [0.3, 0.4) is 0 Å². The van der Waals surface area contributed by atoms with E-state index in [-0.39, 0.29) is 12.0 Å². The van der Waals surface area contributed by atoms with Crippen molar-refractivity contribution in [3.63, 3.8) is 0 Å². The van der Waals surface area contributed by atoms with Gasteiger partial charge in [0.15, 0.2) is 0 Å². The van der Waals surface area contributed by atoms with E-state index in [9.17, 15) is 13.2 Å². The number of rotatable bonds is 7. The fourth-order valence-electron chi connectivity index (χ4n) is 1.65. The van der Waals surface area contributed by atoms with Gasteiger partial charge >= 0.3 is 6.18 Å². The summed E-state index contributed by atoms with van der Waals surface area (Å²) in [6, 6.07) is -0.0815. The van der Waals surface area contributed by atoms with Gasteiger partial charge in [0.1, 0.15) is 0 Å². The van der Waals surface area contributed by atoms with E-state index in [1.165, 1.54) is 4.90 Å². The minimum Gasteiger partial charge on any atom is -0.330 e. The van der Waals surface area contributed by atoms with Gasteiger partial charge in [0.2, 0.25) is 0 Å². The van der Waals surface area contributed by atoms with Gasteiger partial charge in [-0.2, -0.15) is 13.2 Å². The fourth-order valence-corrected chi connectivity index (χ4v) is 1.65. The van der Waals surface area contributed by atoms with Crippen LogP contribution in [0.2, 0.25) is 0 Å². The highest BCUT2D eigenvalue weighted by Gasteiger charge is 2.32. The van der Waals surface area contributed by atoms with Crippen molar-refractivity contribution in [2.75, 3.05) is 19.6 Å². The van der Waals surface area contributed by atoms with Crippen molar-refractivity contribution in [2.45, 2.75) is 45.8 Å². The molecular formula is C11H23F3N2. The van der Waals surface area contributed by atoms with Crippen LogP contribution in [-0.4, -0.2) is 36.8 Å². The lowest BCUT2D eigenvalue weighted by atomic mass is 10.0. The van der Waals surface area contributed by atoms with Crippen molar-refractivity contribution < 1.29 is 13.2 Å². The van der Waals surface area contributed by atoms with E-state index in [1.54, 1.807) is 13.8 Å². The first-order chi connectivity index (χ1) is 7.26. The molecule has 98 valence electrons. The van der Waals surface area contributed by atoms with Gasteiger partial charge in [0.05, 0.1) is 6.54 Å². The van der Waals surface area contributed by atoms with Crippen LogP contribution in [0.5, 0.6) is 0 Å². The maximum Gasteiger partial charge on any atom is 0.401 e. The minimum atomic E-state index is -4.11. The third-order valence-electron chi connectivity index (χ3n) is 2.56. The van der Waals surface area contributed by atoms with E-state index in [4.69, 9.17) is 5.73 Å². The third kappa shape index (κ3) is 7.93. The standard InChI is InChI=1S/C11H23F3N2/c1-9(2)16(8-11(12,13)14)7-10(3)5-4-6-15/h9-10H,4-8,15H2,1-3H3. The van der Waals surface area contributed by atoms with Gasteiger partial charge in [-0.3, -0.25) is 4.90 Å². The molecular weight excluding hydrogens is 217 g/mol. The molecule has 0 rings (SSSR count). The van der Waals surface area contributed by atoms with Crippen LogP contribution in [-0.2, 0) is 0 Å². The second-order valence-electron chi connectivity index (χ2n) is 4.67. The Kier molecular flexibility index (Phi) is 6.99. The lowest BCUT2D eigenvalue weighted by Crippen LogP contribution is -2.41. The van der Waals surface area contributed by atoms with E-state index in [0.717, 1.165) is 12.8 Å². The molecule has 0 radical (unpaired) electrons. The highest BCUT2D eigenvalue weighted by Crippen LogP contribution is 2.19. The van der Waals surface area contributed by atoms with Gasteiger partial charge in [0, 0.05) is 12.6 Å². The average Bonchev–Trinajstić information content (AvgIpc) is 2.11. The first kappa shape index (κ1) is 15.7. The SMILES string of the molecule is CC(CCCN)CN(CC(F)(F)F)C(C)C. The van der Waals surface area contributed by atoms with Gasteiger partial charge in [-0.1, -0.05) is 6.92 Å². The van der Waals surface area contributed by atoms with Crippen molar-refractivity contribution in [2.24, 2.45) is 11.7 Å². The highest BCUT2D eigenvalue weighted by molar-refractivity contribution is 4.70. The van der Waals surface area contributed by atoms with E-state index in [0.29, 0.717) is 13.1 Å². The summed E-state index contributed by atoms with van der Waals surface area (Å²) in [6.45, 7) is 5.82. The monoisotopic (exact) mass is 240 g/mol. The molecule has 16 heavy (non-hydrogen) atoms. The Bertz CT molecular complexity index is 181. The Morgan fingerprint density at radius 3 is 2.12 bits per heavy atom. The summed E-state index contributed by atoms with van der Waals surface area (Å²) in [5, 5.41) is 0. The third-order valence-corrected chi connectivity index (χ3v) is 2.56. The molecule has 0 spiro atoms. The van der Waals surface area contributed by atoms with E-state index in [1.807, 2.05) is 6.92 Å². The Labute approximate surface area is 96.0 Å². The Balaban J connectivity index is 4.12. The Morgan fingerprint density at radius 1 is 1.19 bits per heavy atom. The molecule has 0 aliphatic heterocycles. The molecule has 0 aliphatic carbocycles. The quantitative estimate of drug-likeness (QED) is 0.741. The van der Waals surface area contributed by atoms with Gasteiger partial charge in [0.25, 0.3) is 0 Å². The zero-order valence-corrected chi connectivity index (χ0v) is 10.3. The van der Waals surface area contributed by atoms with Crippen molar-refractivity contribution >= 4 is 0 Å². The molecule has 0 saturated carbocycles. The van der Waals surface area contributed by atoms with Gasteiger partial charge in [-0.25, -0.2) is 0 Å². The summed E-state index contributed by atoms with van der Waals surface area (Å²) in [6.07, 6.45) is -2.35. The molecule has 1 atom stereocenters. The molecule has 0 aliphatic rings. The van der Waals surface area contributed by atoms with Crippen molar-refractivity contribution in [3.05, 3.63) is 0 Å². The Morgan fingerprint density at radius 2 is 1.75 bits per heavy atom. The molecule has 0 aromatic rings. The van der Waals surface area contributed by atoms with Crippen molar-refractivity contribution in [1.82, 2.24) is 4.90 Å². The zero-order chi connectivity index (χ0) is 12.8. The van der Waals surface area contributed by atoms with Gasteiger partial charge in [-0.05, 0) is 39.2 Å². The summed E-state index contributed by atoms with van der Waals surface area (Å²) in [5.41, 5.74) is 5.38. The predicted octanol–water partition coefficient (Wildman–Crippen LogP) is 2.63. The molecule has 0 heterocycles. The molecule has 0 aromatic heterocycles. The summed E-state index contributed by atoms with van der Waals surface area (Å²) in [7, 11) is 0. The summed E-state index contributed by atoms with van der Waals surface area (Å²) < 4.78 is 36.9. The van der Waals surface area contributed by atoms with Gasteiger partial charge in [-0.15, -0.1) is 0 Å². The maximum absolute atomic E-state index is 12.3. The van der Waals surface area contributed by atoms with Crippen molar-refractivity contribution in [3.8, 4) is 0 Å². The maximum atomic E-state index is 12.3. The summed E-state index contributed by atoms with van der Waals surface area (Å²) in [4.78, 5) is 1.47. The lowest BCUT2D eigenvalue weighted by molar-refractivity contribution is -0.150. The number of nitrogens with two attached hydrogens (primary N) is 1. The van der Waals surface area contributed by atoms with Crippen LogP contribution >= 0.6 is 0 Å².